The first-order valence-electron chi connectivity index (χ1n) is 8.52. The molecule has 1 saturated heterocycles. The van der Waals surface area contributed by atoms with Crippen molar-refractivity contribution in [3.63, 3.8) is 0 Å². The molecule has 2 N–H and O–H groups in total. The van der Waals surface area contributed by atoms with Gasteiger partial charge in [0.1, 0.15) is 0 Å². The van der Waals surface area contributed by atoms with E-state index < -0.39 is 6.10 Å². The van der Waals surface area contributed by atoms with E-state index >= 15 is 0 Å². The summed E-state index contributed by atoms with van der Waals surface area (Å²) in [7, 11) is 0. The van der Waals surface area contributed by atoms with Crippen molar-refractivity contribution in [3.05, 3.63) is 65.5 Å². The lowest BCUT2D eigenvalue weighted by Gasteiger charge is -2.21. The van der Waals surface area contributed by atoms with Crippen LogP contribution in [0.2, 0.25) is 0 Å². The zero-order chi connectivity index (χ0) is 18.8. The maximum Gasteiger partial charge on any atom is 0.244 e. The summed E-state index contributed by atoms with van der Waals surface area (Å²) in [6, 6.07) is 11.8. The summed E-state index contributed by atoms with van der Waals surface area (Å²) in [4.78, 5) is 10.8. The molecule has 1 fully saturated rings. The predicted octanol–water partition coefficient (Wildman–Crippen LogP) is 2.13. The van der Waals surface area contributed by atoms with Crippen LogP contribution in [0.1, 0.15) is 24.0 Å². The Morgan fingerprint density at radius 3 is 2.93 bits per heavy atom. The molecule has 1 aromatic carbocycles. The standard InChI is InChI=1S/C18H18N5O4/c24-15-9-16(22(11-15)10-13-5-1-2-7-19-13)18-20-17(21-27-18)12-4-3-6-14(8-12)23(25)26/h1-8,15-16,24-25H,9-11H2/q-1/t15-,16+/m1/s1. The Labute approximate surface area is 155 Å². The third-order valence-corrected chi connectivity index (χ3v) is 4.52. The number of hydrogen-bond donors (Lipinski definition) is 2. The molecule has 1 aliphatic rings. The van der Waals surface area contributed by atoms with Gasteiger partial charge >= 0.3 is 0 Å². The van der Waals surface area contributed by atoms with Gasteiger partial charge in [0.25, 0.3) is 0 Å². The van der Waals surface area contributed by atoms with Crippen LogP contribution in [0, 0.1) is 5.21 Å². The lowest BCUT2D eigenvalue weighted by atomic mass is 10.2. The monoisotopic (exact) mass is 368 g/mol. The van der Waals surface area contributed by atoms with E-state index in [4.69, 9.17) is 9.73 Å². The predicted molar refractivity (Wildman–Crippen MR) is 95.4 cm³/mol. The average Bonchev–Trinajstić information content (AvgIpc) is 3.29. The van der Waals surface area contributed by atoms with Crippen molar-refractivity contribution in [2.45, 2.75) is 25.1 Å². The number of likely N-dealkylation sites (tertiary alicyclic amines) is 1. The molecule has 9 heteroatoms. The highest BCUT2D eigenvalue weighted by molar-refractivity contribution is 5.62. The number of aliphatic hydroxyl groups is 1. The van der Waals surface area contributed by atoms with E-state index in [1.165, 1.54) is 12.1 Å². The number of β-amino-alcohol motifs (C(OH)–C–C–N with tert-alkyl or cyclic N) is 1. The molecule has 3 heterocycles. The highest BCUT2D eigenvalue weighted by Gasteiger charge is 2.36. The highest BCUT2D eigenvalue weighted by Crippen LogP contribution is 2.33. The Bertz CT molecular complexity index is 902. The quantitative estimate of drug-likeness (QED) is 0.652. The fourth-order valence-electron chi connectivity index (χ4n) is 3.26. The van der Waals surface area contributed by atoms with Crippen LogP contribution in [0.5, 0.6) is 0 Å². The summed E-state index contributed by atoms with van der Waals surface area (Å²) in [6.45, 7) is 1.05. The van der Waals surface area contributed by atoms with Crippen LogP contribution < -0.4 is 5.23 Å². The van der Waals surface area contributed by atoms with E-state index in [2.05, 4.69) is 15.1 Å². The summed E-state index contributed by atoms with van der Waals surface area (Å²) in [5.74, 6) is 0.707. The molecular formula is C18H18N5O4-. The lowest BCUT2D eigenvalue weighted by molar-refractivity contribution is 0.168. The molecule has 2 aromatic heterocycles. The number of anilines is 1. The highest BCUT2D eigenvalue weighted by atomic mass is 16.8. The minimum atomic E-state index is -0.485. The molecule has 0 saturated carbocycles. The van der Waals surface area contributed by atoms with Crippen LogP contribution in [0.25, 0.3) is 11.4 Å². The molecule has 0 radical (unpaired) electrons. The molecule has 0 bridgehead atoms. The topological polar surface area (TPSA) is 122 Å². The van der Waals surface area contributed by atoms with E-state index in [0.29, 0.717) is 36.8 Å². The Kier molecular flexibility index (Phi) is 4.82. The second kappa shape index (κ2) is 7.41. The third-order valence-electron chi connectivity index (χ3n) is 4.52. The second-order valence-corrected chi connectivity index (χ2v) is 6.44. The van der Waals surface area contributed by atoms with Gasteiger partial charge in [0, 0.05) is 24.8 Å². The molecule has 27 heavy (non-hydrogen) atoms. The number of nitrogens with zero attached hydrogens (tertiary/aromatic N) is 5. The number of aromatic nitrogens is 3. The van der Waals surface area contributed by atoms with Gasteiger partial charge in [-0.3, -0.25) is 15.1 Å². The fraction of sp³-hybridized carbons (Fsp3) is 0.278. The van der Waals surface area contributed by atoms with Gasteiger partial charge in [-0.05, 0) is 30.7 Å². The zero-order valence-electron chi connectivity index (χ0n) is 14.3. The van der Waals surface area contributed by atoms with E-state index in [-0.39, 0.29) is 17.0 Å². The number of rotatable bonds is 5. The maximum atomic E-state index is 11.1. The zero-order valence-corrected chi connectivity index (χ0v) is 14.3. The largest absolute Gasteiger partial charge is 0.733 e. The van der Waals surface area contributed by atoms with E-state index in [1.54, 1.807) is 18.3 Å². The van der Waals surface area contributed by atoms with Gasteiger partial charge in [-0.15, -0.1) is 0 Å². The van der Waals surface area contributed by atoms with Crippen molar-refractivity contribution < 1.29 is 14.8 Å². The summed E-state index contributed by atoms with van der Waals surface area (Å²) in [5.41, 5.74) is 1.52. The average molecular weight is 368 g/mol. The first-order valence-corrected chi connectivity index (χ1v) is 8.52. The van der Waals surface area contributed by atoms with Gasteiger partial charge in [0.15, 0.2) is 0 Å². The molecule has 0 unspecified atom stereocenters. The molecule has 9 nitrogen and oxygen atoms in total. The number of benzene rings is 1. The summed E-state index contributed by atoms with van der Waals surface area (Å²) < 4.78 is 5.43. The molecule has 1 aliphatic heterocycles. The fourth-order valence-corrected chi connectivity index (χ4v) is 3.26. The summed E-state index contributed by atoms with van der Waals surface area (Å²) in [5, 5.41) is 34.0. The van der Waals surface area contributed by atoms with Crippen molar-refractivity contribution in [2.75, 3.05) is 11.8 Å². The molecule has 4 rings (SSSR count). The molecule has 2 atom stereocenters. The first-order chi connectivity index (χ1) is 13.1. The third kappa shape index (κ3) is 3.81. The Morgan fingerprint density at radius 1 is 1.26 bits per heavy atom. The van der Waals surface area contributed by atoms with Crippen LogP contribution in [-0.2, 0) is 6.54 Å². The smallest absolute Gasteiger partial charge is 0.244 e. The van der Waals surface area contributed by atoms with Crippen molar-refractivity contribution in [1.29, 1.82) is 0 Å². The molecule has 0 aliphatic carbocycles. The van der Waals surface area contributed by atoms with Crippen molar-refractivity contribution in [1.82, 2.24) is 20.0 Å². The maximum absolute atomic E-state index is 11.1. The molecule has 3 aromatic rings. The number of aliphatic hydroxyl groups excluding tert-OH is 1. The second-order valence-electron chi connectivity index (χ2n) is 6.44. The van der Waals surface area contributed by atoms with Gasteiger partial charge in [0.2, 0.25) is 11.7 Å². The normalized spacial score (nSPS) is 20.1. The van der Waals surface area contributed by atoms with Crippen molar-refractivity contribution in [3.8, 4) is 11.4 Å². The molecule has 0 amide bonds. The SMILES string of the molecule is [O-]N(O)c1cccc(-c2noc([C@@H]3C[C@@H](O)CN3Cc3ccccn3)n2)c1. The minimum absolute atomic E-state index is 0.0758. The molecular weight excluding hydrogens is 350 g/mol. The van der Waals surface area contributed by atoms with Crippen LogP contribution >= 0.6 is 0 Å². The van der Waals surface area contributed by atoms with Crippen LogP contribution in [0.3, 0.4) is 0 Å². The van der Waals surface area contributed by atoms with E-state index in [0.717, 1.165) is 5.69 Å². The van der Waals surface area contributed by atoms with Crippen LogP contribution in [0.4, 0.5) is 5.69 Å². The van der Waals surface area contributed by atoms with Crippen LogP contribution in [0.15, 0.2) is 53.2 Å². The number of pyridine rings is 1. The summed E-state index contributed by atoms with van der Waals surface area (Å²) in [6.07, 6.45) is 1.73. The van der Waals surface area contributed by atoms with Gasteiger partial charge in [-0.2, -0.15) is 4.98 Å². The van der Waals surface area contributed by atoms with E-state index in [9.17, 15) is 10.3 Å². The van der Waals surface area contributed by atoms with Crippen molar-refractivity contribution in [2.24, 2.45) is 0 Å². The number of hydrogen-bond acceptors (Lipinski definition) is 9. The lowest BCUT2D eigenvalue weighted by Crippen LogP contribution is -2.25. The van der Waals surface area contributed by atoms with Gasteiger partial charge in [0.05, 0.1) is 23.5 Å². The van der Waals surface area contributed by atoms with Gasteiger partial charge < -0.3 is 20.1 Å². The Morgan fingerprint density at radius 2 is 2.15 bits per heavy atom. The van der Waals surface area contributed by atoms with Crippen molar-refractivity contribution >= 4 is 5.69 Å². The molecule has 140 valence electrons. The van der Waals surface area contributed by atoms with Crippen LogP contribution in [-0.4, -0.2) is 43.0 Å². The molecule has 0 spiro atoms. The minimum Gasteiger partial charge on any atom is -0.733 e. The summed E-state index contributed by atoms with van der Waals surface area (Å²) >= 11 is 0. The first kappa shape index (κ1) is 17.6. The van der Waals surface area contributed by atoms with E-state index in [1.807, 2.05) is 23.1 Å². The van der Waals surface area contributed by atoms with Gasteiger partial charge in [-0.1, -0.05) is 23.4 Å². The van der Waals surface area contributed by atoms with Gasteiger partial charge in [-0.25, -0.2) is 0 Å². The Balaban J connectivity index is 1.57. The Hall–Kier alpha value is -2.85.